The molecule has 0 saturated carbocycles. The lowest BCUT2D eigenvalue weighted by atomic mass is 10.0. The van der Waals surface area contributed by atoms with E-state index in [2.05, 4.69) is 14.7 Å². The van der Waals surface area contributed by atoms with Crippen LogP contribution in [0.2, 0.25) is 5.28 Å². The number of halogens is 1. The molecule has 0 aliphatic rings. The summed E-state index contributed by atoms with van der Waals surface area (Å²) in [5.74, 6) is 0. The van der Waals surface area contributed by atoms with Crippen molar-refractivity contribution in [1.29, 1.82) is 0 Å². The summed E-state index contributed by atoms with van der Waals surface area (Å²) in [6.45, 7) is 5.72. The van der Waals surface area contributed by atoms with Gasteiger partial charge in [-0.1, -0.05) is 23.8 Å². The van der Waals surface area contributed by atoms with Gasteiger partial charge in [-0.3, -0.25) is 0 Å². The molecule has 0 saturated heterocycles. The first-order valence-electron chi connectivity index (χ1n) is 6.36. The molecule has 0 spiro atoms. The largest absolute Gasteiger partial charge is 0.244 e. The highest BCUT2D eigenvalue weighted by atomic mass is 35.5. The summed E-state index contributed by atoms with van der Waals surface area (Å²) in [6.07, 6.45) is 2.38. The van der Waals surface area contributed by atoms with Crippen LogP contribution in [0.25, 0.3) is 0 Å². The van der Waals surface area contributed by atoms with Crippen molar-refractivity contribution in [2.24, 2.45) is 0 Å². The summed E-state index contributed by atoms with van der Waals surface area (Å²) < 4.78 is 27.2. The van der Waals surface area contributed by atoms with Crippen molar-refractivity contribution in [1.82, 2.24) is 14.7 Å². The van der Waals surface area contributed by atoms with E-state index in [4.69, 9.17) is 11.6 Å². The average molecular weight is 326 g/mol. The Balaban J connectivity index is 2.27. The van der Waals surface area contributed by atoms with Gasteiger partial charge in [0.25, 0.3) is 0 Å². The number of nitrogens with zero attached hydrogens (tertiary/aromatic N) is 2. The second-order valence-corrected chi connectivity index (χ2v) is 6.94. The van der Waals surface area contributed by atoms with Crippen LogP contribution in [0, 0.1) is 13.8 Å². The van der Waals surface area contributed by atoms with E-state index in [1.54, 1.807) is 6.92 Å². The van der Waals surface area contributed by atoms with Crippen molar-refractivity contribution in [3.63, 3.8) is 0 Å². The number of nitrogens with one attached hydrogen (secondary N) is 1. The topological polar surface area (TPSA) is 72.0 Å². The highest BCUT2D eigenvalue weighted by Crippen LogP contribution is 2.21. The van der Waals surface area contributed by atoms with E-state index in [9.17, 15) is 8.42 Å². The van der Waals surface area contributed by atoms with E-state index in [0.29, 0.717) is 0 Å². The van der Waals surface area contributed by atoms with Gasteiger partial charge in [-0.15, -0.1) is 0 Å². The van der Waals surface area contributed by atoms with Crippen LogP contribution < -0.4 is 4.72 Å². The minimum atomic E-state index is -3.69. The van der Waals surface area contributed by atoms with Gasteiger partial charge in [0, 0.05) is 6.04 Å². The second kappa shape index (κ2) is 6.09. The zero-order chi connectivity index (χ0) is 15.6. The predicted octanol–water partition coefficient (Wildman–Crippen LogP) is 2.79. The summed E-state index contributed by atoms with van der Waals surface area (Å²) in [7, 11) is -3.69. The fraction of sp³-hybridized carbons (Fsp3) is 0.286. The number of aryl methyl sites for hydroxylation is 2. The van der Waals surface area contributed by atoms with Crippen LogP contribution in [-0.2, 0) is 10.0 Å². The molecule has 0 aliphatic heterocycles. The molecule has 112 valence electrons. The Labute approximate surface area is 129 Å². The molecule has 1 heterocycles. The minimum absolute atomic E-state index is 0.0101. The lowest BCUT2D eigenvalue weighted by Crippen LogP contribution is -2.27. The first-order chi connectivity index (χ1) is 9.79. The first kappa shape index (κ1) is 15.9. The van der Waals surface area contributed by atoms with Crippen molar-refractivity contribution in [3.8, 4) is 0 Å². The van der Waals surface area contributed by atoms with Gasteiger partial charge in [0.05, 0.1) is 12.4 Å². The molecule has 5 nitrogen and oxygen atoms in total. The Hall–Kier alpha value is -1.50. The summed E-state index contributed by atoms with van der Waals surface area (Å²) in [5.41, 5.74) is 3.05. The van der Waals surface area contributed by atoms with Crippen molar-refractivity contribution in [2.45, 2.75) is 31.7 Å². The molecule has 0 fully saturated rings. The number of aromatic nitrogens is 2. The monoisotopic (exact) mass is 325 g/mol. The summed E-state index contributed by atoms with van der Waals surface area (Å²) >= 11 is 5.56. The third-order valence-electron chi connectivity index (χ3n) is 3.14. The maximum absolute atomic E-state index is 12.3. The van der Waals surface area contributed by atoms with E-state index in [0.717, 1.165) is 16.7 Å². The number of sulfonamides is 1. The maximum Gasteiger partial charge on any atom is 0.244 e. The van der Waals surface area contributed by atoms with E-state index >= 15 is 0 Å². The first-order valence-corrected chi connectivity index (χ1v) is 8.23. The lowest BCUT2D eigenvalue weighted by molar-refractivity contribution is 0.565. The third-order valence-corrected chi connectivity index (χ3v) is 4.83. The molecule has 1 unspecified atom stereocenters. The lowest BCUT2D eigenvalue weighted by Gasteiger charge is -2.17. The van der Waals surface area contributed by atoms with Gasteiger partial charge < -0.3 is 0 Å². The second-order valence-electron chi connectivity index (χ2n) is 4.89. The smallest absolute Gasteiger partial charge is 0.225 e. The molecular formula is C14H16ClN3O2S. The summed E-state index contributed by atoms with van der Waals surface area (Å²) in [5, 5.41) is 0.0107. The van der Waals surface area contributed by atoms with Crippen LogP contribution in [0.15, 0.2) is 35.5 Å². The zero-order valence-electron chi connectivity index (χ0n) is 12.0. The van der Waals surface area contributed by atoms with E-state index in [-0.39, 0.29) is 16.2 Å². The van der Waals surface area contributed by atoms with Gasteiger partial charge in [0.15, 0.2) is 0 Å². The van der Waals surface area contributed by atoms with Crippen molar-refractivity contribution in [3.05, 3.63) is 52.6 Å². The van der Waals surface area contributed by atoms with Crippen LogP contribution >= 0.6 is 11.6 Å². The molecule has 0 amide bonds. The van der Waals surface area contributed by atoms with E-state index < -0.39 is 10.0 Å². The molecule has 1 aromatic heterocycles. The molecule has 0 aliphatic carbocycles. The number of hydrogen-bond donors (Lipinski definition) is 1. The van der Waals surface area contributed by atoms with Crippen molar-refractivity contribution >= 4 is 21.6 Å². The van der Waals surface area contributed by atoms with Crippen LogP contribution in [0.4, 0.5) is 0 Å². The summed E-state index contributed by atoms with van der Waals surface area (Å²) in [4.78, 5) is 7.37. The maximum atomic E-state index is 12.3. The Morgan fingerprint density at radius 3 is 2.43 bits per heavy atom. The van der Waals surface area contributed by atoms with Crippen molar-refractivity contribution < 1.29 is 8.42 Å². The molecule has 1 atom stereocenters. The van der Waals surface area contributed by atoms with E-state index in [1.807, 2.05) is 32.0 Å². The molecule has 0 radical (unpaired) electrons. The number of rotatable bonds is 4. The molecule has 1 aromatic carbocycles. The average Bonchev–Trinajstić information content (AvgIpc) is 2.41. The van der Waals surface area contributed by atoms with Crippen LogP contribution in [-0.4, -0.2) is 18.4 Å². The fourth-order valence-corrected chi connectivity index (χ4v) is 3.24. The highest BCUT2D eigenvalue weighted by Gasteiger charge is 2.20. The molecule has 0 bridgehead atoms. The Bertz CT molecular complexity index is 745. The Morgan fingerprint density at radius 2 is 1.81 bits per heavy atom. The van der Waals surface area contributed by atoms with Gasteiger partial charge in [-0.05, 0) is 43.5 Å². The molecule has 7 heteroatoms. The van der Waals surface area contributed by atoms with Crippen LogP contribution in [0.1, 0.15) is 29.7 Å². The van der Waals surface area contributed by atoms with Gasteiger partial charge in [0.2, 0.25) is 15.3 Å². The zero-order valence-corrected chi connectivity index (χ0v) is 13.5. The predicted molar refractivity (Wildman–Crippen MR) is 81.7 cm³/mol. The van der Waals surface area contributed by atoms with Crippen LogP contribution in [0.5, 0.6) is 0 Å². The molecule has 1 N–H and O–H groups in total. The molecular weight excluding hydrogens is 310 g/mol. The van der Waals surface area contributed by atoms with Gasteiger partial charge in [-0.2, -0.15) is 0 Å². The Morgan fingerprint density at radius 1 is 1.19 bits per heavy atom. The van der Waals surface area contributed by atoms with Crippen molar-refractivity contribution in [2.75, 3.05) is 0 Å². The molecule has 2 rings (SSSR count). The number of benzene rings is 1. The third kappa shape index (κ3) is 3.78. The normalized spacial score (nSPS) is 13.1. The number of hydrogen-bond acceptors (Lipinski definition) is 4. The fourth-order valence-electron chi connectivity index (χ4n) is 2.03. The minimum Gasteiger partial charge on any atom is -0.225 e. The van der Waals surface area contributed by atoms with Gasteiger partial charge in [0.1, 0.15) is 4.90 Å². The highest BCUT2D eigenvalue weighted by molar-refractivity contribution is 7.89. The van der Waals surface area contributed by atoms with Gasteiger partial charge in [-0.25, -0.2) is 23.1 Å². The molecule has 2 aromatic rings. The summed E-state index contributed by atoms with van der Waals surface area (Å²) in [6, 6.07) is 5.58. The van der Waals surface area contributed by atoms with E-state index in [1.165, 1.54) is 12.4 Å². The molecule has 21 heavy (non-hydrogen) atoms. The SMILES string of the molecule is Cc1ccc(C)c(C(C)NS(=O)(=O)c2cnc(Cl)nc2)c1. The Kier molecular flexibility index (Phi) is 4.61. The standard InChI is InChI=1S/C14H16ClN3O2S/c1-9-4-5-10(2)13(6-9)11(3)18-21(19,20)12-7-16-14(15)17-8-12/h4-8,11,18H,1-3H3. The van der Waals surface area contributed by atoms with Gasteiger partial charge >= 0.3 is 0 Å². The van der Waals surface area contributed by atoms with Crippen LogP contribution in [0.3, 0.4) is 0 Å². The quantitative estimate of drug-likeness (QED) is 0.877.